The summed E-state index contributed by atoms with van der Waals surface area (Å²) in [6, 6.07) is 9.67. The molecule has 0 aliphatic heterocycles. The molecule has 1 unspecified atom stereocenters. The number of aromatic nitrogens is 2. The molecule has 4 rings (SSSR count). The molecule has 1 aromatic carbocycles. The maximum atomic E-state index is 13.5. The Bertz CT molecular complexity index is 1100. The fraction of sp³-hybridized carbons (Fsp3) is 0.409. The van der Waals surface area contributed by atoms with Crippen LogP contribution in [-0.2, 0) is 25.8 Å². The largest absolute Gasteiger partial charge is 0.292 e. The van der Waals surface area contributed by atoms with Crippen LogP contribution in [0.15, 0.2) is 29.1 Å². The number of nitriles is 1. The molecule has 1 aliphatic carbocycles. The third kappa shape index (κ3) is 3.30. The lowest BCUT2D eigenvalue weighted by Crippen LogP contribution is -2.26. The minimum atomic E-state index is 0.0814. The van der Waals surface area contributed by atoms with Crippen LogP contribution in [0.5, 0.6) is 0 Å². The van der Waals surface area contributed by atoms with Gasteiger partial charge in [-0.15, -0.1) is 11.3 Å². The topological polar surface area (TPSA) is 58.7 Å². The third-order valence-electron chi connectivity index (χ3n) is 5.36. The van der Waals surface area contributed by atoms with Crippen molar-refractivity contribution < 1.29 is 0 Å². The molecule has 0 radical (unpaired) electrons. The van der Waals surface area contributed by atoms with E-state index >= 15 is 0 Å². The van der Waals surface area contributed by atoms with Crippen LogP contribution in [-0.4, -0.2) is 9.55 Å². The second kappa shape index (κ2) is 7.28. The summed E-state index contributed by atoms with van der Waals surface area (Å²) < 4.78 is 1.83. The summed E-state index contributed by atoms with van der Waals surface area (Å²) >= 11 is 1.71. The highest BCUT2D eigenvalue weighted by Gasteiger charge is 2.24. The number of hydrogen-bond donors (Lipinski definition) is 0. The zero-order valence-electron chi connectivity index (χ0n) is 15.8. The van der Waals surface area contributed by atoms with Gasteiger partial charge in [0.1, 0.15) is 10.7 Å². The Labute approximate surface area is 163 Å². The molecule has 0 spiro atoms. The Morgan fingerprint density at radius 1 is 1.41 bits per heavy atom. The average molecular weight is 378 g/mol. The highest BCUT2D eigenvalue weighted by molar-refractivity contribution is 7.18. The van der Waals surface area contributed by atoms with Gasteiger partial charge in [0.05, 0.1) is 23.6 Å². The lowest BCUT2D eigenvalue weighted by molar-refractivity contribution is 0.509. The van der Waals surface area contributed by atoms with E-state index in [4.69, 9.17) is 10.2 Å². The van der Waals surface area contributed by atoms with Gasteiger partial charge in [-0.3, -0.25) is 9.36 Å². The summed E-state index contributed by atoms with van der Waals surface area (Å²) in [6.07, 6.45) is 4.90. The van der Waals surface area contributed by atoms with Gasteiger partial charge in [0.15, 0.2) is 0 Å². The second-order valence-electron chi connectivity index (χ2n) is 7.51. The molecule has 0 saturated heterocycles. The number of rotatable bonds is 4. The monoisotopic (exact) mass is 377 g/mol. The molecule has 1 atom stereocenters. The summed E-state index contributed by atoms with van der Waals surface area (Å²) in [7, 11) is 0. The lowest BCUT2D eigenvalue weighted by atomic mass is 9.89. The van der Waals surface area contributed by atoms with Crippen LogP contribution < -0.4 is 5.56 Å². The quantitative estimate of drug-likeness (QED) is 0.675. The highest BCUT2D eigenvalue weighted by Crippen LogP contribution is 2.36. The first-order valence-corrected chi connectivity index (χ1v) is 10.4. The second-order valence-corrected chi connectivity index (χ2v) is 8.60. The van der Waals surface area contributed by atoms with Crippen LogP contribution >= 0.6 is 11.3 Å². The van der Waals surface area contributed by atoms with E-state index in [1.807, 2.05) is 22.8 Å². The van der Waals surface area contributed by atoms with Crippen molar-refractivity contribution in [3.8, 4) is 6.07 Å². The molecule has 0 bridgehead atoms. The smallest absolute Gasteiger partial charge is 0.262 e. The van der Waals surface area contributed by atoms with Crippen molar-refractivity contribution in [1.82, 2.24) is 9.55 Å². The van der Waals surface area contributed by atoms with E-state index in [0.29, 0.717) is 18.0 Å². The SMILES string of the molecule is CCCc1nc2sc3c(c2c(=O)n1Cc1cccc(C#N)c1)CCC(C)C3. The predicted molar refractivity (Wildman–Crippen MR) is 109 cm³/mol. The Balaban J connectivity index is 1.87. The van der Waals surface area contributed by atoms with Crippen molar-refractivity contribution in [2.75, 3.05) is 0 Å². The van der Waals surface area contributed by atoms with E-state index in [1.165, 1.54) is 10.4 Å². The molecule has 0 fully saturated rings. The molecule has 0 amide bonds. The minimum absolute atomic E-state index is 0.0814. The Hall–Kier alpha value is -2.45. The minimum Gasteiger partial charge on any atom is -0.292 e. The van der Waals surface area contributed by atoms with Gasteiger partial charge in [-0.2, -0.15) is 5.26 Å². The van der Waals surface area contributed by atoms with Gasteiger partial charge in [0, 0.05) is 11.3 Å². The van der Waals surface area contributed by atoms with Crippen LogP contribution in [0.1, 0.15) is 54.1 Å². The van der Waals surface area contributed by atoms with Crippen LogP contribution in [0, 0.1) is 17.2 Å². The maximum Gasteiger partial charge on any atom is 0.262 e. The van der Waals surface area contributed by atoms with Gasteiger partial charge >= 0.3 is 0 Å². The number of fused-ring (bicyclic) bond motifs is 3. The molecule has 27 heavy (non-hydrogen) atoms. The fourth-order valence-corrected chi connectivity index (χ4v) is 5.36. The van der Waals surface area contributed by atoms with Crippen LogP contribution in [0.3, 0.4) is 0 Å². The standard InChI is InChI=1S/C22H23N3OS/c1-3-5-19-24-21-20(17-9-8-14(2)10-18(17)27-21)22(26)25(19)13-16-7-4-6-15(11-16)12-23/h4,6-7,11,14H,3,5,8-10,13H2,1-2H3. The first-order chi connectivity index (χ1) is 13.1. The highest BCUT2D eigenvalue weighted by atomic mass is 32.1. The van der Waals surface area contributed by atoms with Crippen molar-refractivity contribution >= 4 is 21.6 Å². The Kier molecular flexibility index (Phi) is 4.84. The van der Waals surface area contributed by atoms with Gasteiger partial charge in [0.2, 0.25) is 0 Å². The van der Waals surface area contributed by atoms with Crippen molar-refractivity contribution in [1.29, 1.82) is 5.26 Å². The Morgan fingerprint density at radius 3 is 3.04 bits per heavy atom. The van der Waals surface area contributed by atoms with E-state index in [1.54, 1.807) is 17.4 Å². The van der Waals surface area contributed by atoms with Crippen molar-refractivity contribution in [3.05, 3.63) is 62.0 Å². The summed E-state index contributed by atoms with van der Waals surface area (Å²) in [5.74, 6) is 1.53. The summed E-state index contributed by atoms with van der Waals surface area (Å²) in [5, 5.41) is 9.99. The summed E-state index contributed by atoms with van der Waals surface area (Å²) in [5.41, 5.74) is 2.90. The molecule has 3 aromatic rings. The normalized spacial score (nSPS) is 16.3. The third-order valence-corrected chi connectivity index (χ3v) is 6.51. The van der Waals surface area contributed by atoms with E-state index in [0.717, 1.165) is 53.7 Å². The molecule has 4 nitrogen and oxygen atoms in total. The predicted octanol–water partition coefficient (Wildman–Crippen LogP) is 4.46. The number of hydrogen-bond acceptors (Lipinski definition) is 4. The molecule has 2 aromatic heterocycles. The van der Waals surface area contributed by atoms with Gasteiger partial charge in [-0.25, -0.2) is 4.98 Å². The summed E-state index contributed by atoms with van der Waals surface area (Å²) in [6.45, 7) is 4.86. The van der Waals surface area contributed by atoms with Crippen molar-refractivity contribution in [2.24, 2.45) is 5.92 Å². The number of aryl methyl sites for hydroxylation is 2. The van der Waals surface area contributed by atoms with Crippen LogP contribution in [0.4, 0.5) is 0 Å². The molecule has 5 heteroatoms. The zero-order chi connectivity index (χ0) is 19.0. The van der Waals surface area contributed by atoms with E-state index in [2.05, 4.69) is 19.9 Å². The molecule has 1 aliphatic rings. The van der Waals surface area contributed by atoms with Crippen LogP contribution in [0.2, 0.25) is 0 Å². The Morgan fingerprint density at radius 2 is 2.26 bits per heavy atom. The summed E-state index contributed by atoms with van der Waals surface area (Å²) in [4.78, 5) is 20.6. The van der Waals surface area contributed by atoms with Gasteiger partial charge in [0.25, 0.3) is 5.56 Å². The molecular formula is C22H23N3OS. The van der Waals surface area contributed by atoms with Gasteiger partial charge < -0.3 is 0 Å². The molecule has 138 valence electrons. The number of benzene rings is 1. The van der Waals surface area contributed by atoms with Crippen molar-refractivity contribution in [2.45, 2.75) is 52.5 Å². The van der Waals surface area contributed by atoms with Crippen LogP contribution in [0.25, 0.3) is 10.2 Å². The number of nitrogens with zero attached hydrogens (tertiary/aromatic N) is 3. The van der Waals surface area contributed by atoms with E-state index < -0.39 is 0 Å². The first kappa shape index (κ1) is 17.9. The molecule has 0 N–H and O–H groups in total. The maximum absolute atomic E-state index is 13.5. The molecule has 0 saturated carbocycles. The lowest BCUT2D eigenvalue weighted by Gasteiger charge is -2.18. The zero-order valence-corrected chi connectivity index (χ0v) is 16.6. The first-order valence-electron chi connectivity index (χ1n) is 9.63. The van der Waals surface area contributed by atoms with Gasteiger partial charge in [-0.05, 0) is 54.9 Å². The van der Waals surface area contributed by atoms with Gasteiger partial charge in [-0.1, -0.05) is 26.0 Å². The molecule has 2 heterocycles. The number of thiophene rings is 1. The average Bonchev–Trinajstić information content (AvgIpc) is 3.02. The molecular weight excluding hydrogens is 354 g/mol. The van der Waals surface area contributed by atoms with Crippen molar-refractivity contribution in [3.63, 3.8) is 0 Å². The van der Waals surface area contributed by atoms with E-state index in [9.17, 15) is 4.79 Å². The fourth-order valence-electron chi connectivity index (χ4n) is 3.96. The van der Waals surface area contributed by atoms with E-state index in [-0.39, 0.29) is 5.56 Å².